The predicted octanol–water partition coefficient (Wildman–Crippen LogP) is 0.533. The Kier molecular flexibility index (Phi) is 6.07. The number of hydrogen-bond donors (Lipinski definition) is 2. The Morgan fingerprint density at radius 1 is 1.47 bits per heavy atom. The zero-order chi connectivity index (χ0) is 13.1. The van der Waals surface area contributed by atoms with Gasteiger partial charge in [0.05, 0.1) is 12.6 Å². The highest BCUT2D eigenvalue weighted by molar-refractivity contribution is 5.87. The predicted molar refractivity (Wildman–Crippen MR) is 76.2 cm³/mol. The molecule has 0 aromatic carbocycles. The molecular formula is C13H24ClN3O2. The molecule has 3 atom stereocenters. The summed E-state index contributed by atoms with van der Waals surface area (Å²) in [5.74, 6) is 0.0303. The molecule has 1 aliphatic carbocycles. The van der Waals surface area contributed by atoms with E-state index < -0.39 is 0 Å². The van der Waals surface area contributed by atoms with E-state index in [0.717, 1.165) is 25.7 Å². The van der Waals surface area contributed by atoms with Crippen LogP contribution in [0.25, 0.3) is 0 Å². The molecule has 0 radical (unpaired) electrons. The van der Waals surface area contributed by atoms with E-state index in [4.69, 9.17) is 0 Å². The van der Waals surface area contributed by atoms with Crippen LogP contribution in [0.15, 0.2) is 0 Å². The van der Waals surface area contributed by atoms with Crippen molar-refractivity contribution in [3.8, 4) is 0 Å². The van der Waals surface area contributed by atoms with Gasteiger partial charge in [0.1, 0.15) is 0 Å². The number of nitrogens with zero attached hydrogens (tertiary/aromatic N) is 1. The Bertz CT molecular complexity index is 338. The van der Waals surface area contributed by atoms with Crippen LogP contribution in [0.5, 0.6) is 0 Å². The van der Waals surface area contributed by atoms with Crippen LogP contribution in [0.4, 0.5) is 0 Å². The first-order chi connectivity index (χ1) is 8.63. The van der Waals surface area contributed by atoms with E-state index in [0.29, 0.717) is 6.54 Å². The Hall–Kier alpha value is -0.810. The second-order valence-corrected chi connectivity index (χ2v) is 5.45. The zero-order valence-electron chi connectivity index (χ0n) is 11.6. The van der Waals surface area contributed by atoms with Crippen molar-refractivity contribution >= 4 is 24.2 Å². The van der Waals surface area contributed by atoms with Crippen molar-refractivity contribution < 1.29 is 9.59 Å². The molecule has 1 aliphatic heterocycles. The van der Waals surface area contributed by atoms with E-state index in [-0.39, 0.29) is 48.8 Å². The van der Waals surface area contributed by atoms with E-state index >= 15 is 0 Å². The maximum Gasteiger partial charge on any atom is 0.239 e. The minimum absolute atomic E-state index is 0. The highest BCUT2D eigenvalue weighted by Gasteiger charge is 2.39. The van der Waals surface area contributed by atoms with Crippen molar-refractivity contribution in [2.45, 2.75) is 44.7 Å². The van der Waals surface area contributed by atoms with Gasteiger partial charge in [0, 0.05) is 18.5 Å². The smallest absolute Gasteiger partial charge is 0.239 e. The summed E-state index contributed by atoms with van der Waals surface area (Å²) in [5.41, 5.74) is 0. The van der Waals surface area contributed by atoms with Gasteiger partial charge in [-0.15, -0.1) is 12.4 Å². The van der Waals surface area contributed by atoms with Gasteiger partial charge in [-0.1, -0.05) is 19.8 Å². The summed E-state index contributed by atoms with van der Waals surface area (Å²) in [6, 6.07) is 0.383. The van der Waals surface area contributed by atoms with Gasteiger partial charge in [0.25, 0.3) is 0 Å². The van der Waals surface area contributed by atoms with Crippen molar-refractivity contribution in [1.29, 1.82) is 0 Å². The van der Waals surface area contributed by atoms with Crippen molar-refractivity contribution in [3.05, 3.63) is 0 Å². The molecule has 0 aromatic heterocycles. The van der Waals surface area contributed by atoms with Crippen LogP contribution in [-0.4, -0.2) is 48.9 Å². The fourth-order valence-electron chi connectivity index (χ4n) is 3.10. The average Bonchev–Trinajstić information content (AvgIpc) is 2.37. The average molecular weight is 290 g/mol. The molecule has 1 saturated carbocycles. The lowest BCUT2D eigenvalue weighted by Crippen LogP contribution is -2.63. The van der Waals surface area contributed by atoms with Gasteiger partial charge in [0.2, 0.25) is 11.8 Å². The lowest BCUT2D eigenvalue weighted by molar-refractivity contribution is -0.147. The molecule has 2 aliphatic rings. The third-order valence-electron chi connectivity index (χ3n) is 4.01. The molecule has 0 spiro atoms. The fraction of sp³-hybridized carbons (Fsp3) is 0.846. The van der Waals surface area contributed by atoms with Crippen molar-refractivity contribution in [1.82, 2.24) is 15.5 Å². The zero-order valence-corrected chi connectivity index (χ0v) is 12.5. The van der Waals surface area contributed by atoms with Gasteiger partial charge in [-0.25, -0.2) is 0 Å². The van der Waals surface area contributed by atoms with E-state index in [2.05, 4.69) is 10.6 Å². The molecule has 5 nitrogen and oxygen atoms in total. The summed E-state index contributed by atoms with van der Waals surface area (Å²) in [4.78, 5) is 25.9. The van der Waals surface area contributed by atoms with Crippen molar-refractivity contribution in [3.63, 3.8) is 0 Å². The maximum absolute atomic E-state index is 12.4. The molecule has 1 saturated heterocycles. The number of piperazine rings is 1. The van der Waals surface area contributed by atoms with Crippen LogP contribution in [-0.2, 0) is 9.59 Å². The molecule has 6 heteroatoms. The summed E-state index contributed by atoms with van der Waals surface area (Å²) in [5, 5.41) is 6.05. The molecule has 2 N–H and O–H groups in total. The minimum Gasteiger partial charge on any atom is -0.350 e. The first kappa shape index (κ1) is 16.2. The van der Waals surface area contributed by atoms with Gasteiger partial charge in [-0.3, -0.25) is 9.59 Å². The molecular weight excluding hydrogens is 266 g/mol. The standard InChI is InChI=1S/C13H23N3O2.ClH/c1-9(7-14-2)13(18)16-8-12(17)15-10-5-3-4-6-11(10)16;/h9-11,14H,3-8H2,1-2H3,(H,15,17);1H. The first-order valence-electron chi connectivity index (χ1n) is 6.88. The van der Waals surface area contributed by atoms with Gasteiger partial charge < -0.3 is 15.5 Å². The monoisotopic (exact) mass is 289 g/mol. The van der Waals surface area contributed by atoms with Gasteiger partial charge in [-0.05, 0) is 19.9 Å². The highest BCUT2D eigenvalue weighted by atomic mass is 35.5. The number of fused-ring (bicyclic) bond motifs is 1. The fourth-order valence-corrected chi connectivity index (χ4v) is 3.10. The number of carbonyl (C=O) groups is 2. The molecule has 0 bridgehead atoms. The lowest BCUT2D eigenvalue weighted by atomic mass is 9.87. The molecule has 0 aromatic rings. The number of carbonyl (C=O) groups excluding carboxylic acids is 2. The van der Waals surface area contributed by atoms with E-state index in [1.165, 1.54) is 0 Å². The van der Waals surface area contributed by atoms with Crippen molar-refractivity contribution in [2.24, 2.45) is 5.92 Å². The number of hydrogen-bond acceptors (Lipinski definition) is 3. The van der Waals surface area contributed by atoms with Crippen LogP contribution in [0.3, 0.4) is 0 Å². The molecule has 110 valence electrons. The molecule has 1 heterocycles. The van der Waals surface area contributed by atoms with Crippen LogP contribution in [0.2, 0.25) is 0 Å². The maximum atomic E-state index is 12.4. The Balaban J connectivity index is 0.00000180. The Morgan fingerprint density at radius 3 is 2.84 bits per heavy atom. The van der Waals surface area contributed by atoms with Crippen LogP contribution in [0, 0.1) is 5.92 Å². The molecule has 19 heavy (non-hydrogen) atoms. The summed E-state index contributed by atoms with van der Waals surface area (Å²) in [7, 11) is 1.84. The van der Waals surface area contributed by atoms with Crippen molar-refractivity contribution in [2.75, 3.05) is 20.1 Å². The second-order valence-electron chi connectivity index (χ2n) is 5.45. The van der Waals surface area contributed by atoms with E-state index in [1.54, 1.807) is 0 Å². The van der Waals surface area contributed by atoms with Gasteiger partial charge in [0.15, 0.2) is 0 Å². The summed E-state index contributed by atoms with van der Waals surface area (Å²) in [6.45, 7) is 2.81. The van der Waals surface area contributed by atoms with Gasteiger partial charge >= 0.3 is 0 Å². The summed E-state index contributed by atoms with van der Waals surface area (Å²) < 4.78 is 0. The molecule has 2 rings (SSSR count). The normalized spacial score (nSPS) is 27.9. The number of amides is 2. The largest absolute Gasteiger partial charge is 0.350 e. The van der Waals surface area contributed by atoms with Crippen LogP contribution in [0.1, 0.15) is 32.6 Å². The first-order valence-corrected chi connectivity index (χ1v) is 6.88. The Labute approximate surface area is 120 Å². The summed E-state index contributed by atoms with van der Waals surface area (Å²) >= 11 is 0. The number of rotatable bonds is 3. The van der Waals surface area contributed by atoms with E-state index in [1.807, 2.05) is 18.9 Å². The lowest BCUT2D eigenvalue weighted by Gasteiger charge is -2.44. The third kappa shape index (κ3) is 3.60. The third-order valence-corrected chi connectivity index (χ3v) is 4.01. The number of halogens is 1. The summed E-state index contributed by atoms with van der Waals surface area (Å²) in [6.07, 6.45) is 4.32. The van der Waals surface area contributed by atoms with Crippen LogP contribution < -0.4 is 10.6 Å². The Morgan fingerprint density at radius 2 is 2.16 bits per heavy atom. The number of nitrogens with one attached hydrogen (secondary N) is 2. The van der Waals surface area contributed by atoms with Crippen LogP contribution >= 0.6 is 12.4 Å². The van der Waals surface area contributed by atoms with E-state index in [9.17, 15) is 9.59 Å². The molecule has 2 amide bonds. The molecule has 2 fully saturated rings. The minimum atomic E-state index is -0.0662. The quantitative estimate of drug-likeness (QED) is 0.797. The molecule has 3 unspecified atom stereocenters. The highest BCUT2D eigenvalue weighted by Crippen LogP contribution is 2.26. The SMILES string of the molecule is CNCC(C)C(=O)N1CC(=O)NC2CCCCC21.Cl. The topological polar surface area (TPSA) is 61.4 Å². The second kappa shape index (κ2) is 7.10. The van der Waals surface area contributed by atoms with Gasteiger partial charge in [-0.2, -0.15) is 0 Å².